The Morgan fingerprint density at radius 1 is 1.34 bits per heavy atom. The van der Waals surface area contributed by atoms with Crippen molar-refractivity contribution in [1.29, 1.82) is 0 Å². The second-order valence-corrected chi connectivity index (χ2v) is 7.87. The van der Waals surface area contributed by atoms with Gasteiger partial charge in [0.05, 0.1) is 13.2 Å². The van der Waals surface area contributed by atoms with E-state index in [-0.39, 0.29) is 5.91 Å². The van der Waals surface area contributed by atoms with E-state index in [4.69, 9.17) is 9.72 Å². The fraction of sp³-hybridized carbons (Fsp3) is 0.545. The molecule has 1 N–H and O–H groups in total. The van der Waals surface area contributed by atoms with Crippen molar-refractivity contribution in [2.75, 3.05) is 36.5 Å². The zero-order valence-electron chi connectivity index (χ0n) is 17.1. The first-order valence-corrected chi connectivity index (χ1v) is 10.7. The molecule has 0 radical (unpaired) electrons. The van der Waals surface area contributed by atoms with Crippen LogP contribution in [0.5, 0.6) is 0 Å². The van der Waals surface area contributed by atoms with Crippen LogP contribution in [0.1, 0.15) is 54.2 Å². The summed E-state index contributed by atoms with van der Waals surface area (Å²) in [6, 6.07) is 5.47. The fourth-order valence-corrected chi connectivity index (χ4v) is 4.37. The van der Waals surface area contributed by atoms with Gasteiger partial charge in [0.15, 0.2) is 5.82 Å². The topological polar surface area (TPSA) is 80.2 Å². The third-order valence-electron chi connectivity index (χ3n) is 5.77. The Balaban J connectivity index is 1.65. The molecule has 2 aliphatic rings. The van der Waals surface area contributed by atoms with E-state index in [0.717, 1.165) is 36.6 Å². The summed E-state index contributed by atoms with van der Waals surface area (Å²) in [5.74, 6) is 1.91. The van der Waals surface area contributed by atoms with Gasteiger partial charge >= 0.3 is 0 Å². The molecule has 0 saturated carbocycles. The van der Waals surface area contributed by atoms with Gasteiger partial charge in [-0.05, 0) is 55.4 Å². The van der Waals surface area contributed by atoms with E-state index in [2.05, 4.69) is 27.3 Å². The molecular formula is C22H29N5O2. The Bertz CT molecular complexity index is 841. The van der Waals surface area contributed by atoms with Crippen molar-refractivity contribution in [3.63, 3.8) is 0 Å². The van der Waals surface area contributed by atoms with Crippen LogP contribution in [0.3, 0.4) is 0 Å². The summed E-state index contributed by atoms with van der Waals surface area (Å²) in [5, 5.41) is 10.7. The molecule has 7 nitrogen and oxygen atoms in total. The molecule has 4 rings (SSSR count). The van der Waals surface area contributed by atoms with E-state index < -0.39 is 0 Å². The van der Waals surface area contributed by atoms with Crippen molar-refractivity contribution < 1.29 is 9.53 Å². The molecule has 1 saturated heterocycles. The zero-order valence-corrected chi connectivity index (χ0v) is 17.1. The number of nitrogens with one attached hydrogen (secondary N) is 1. The molecule has 2 aromatic heterocycles. The number of amides is 1. The number of hydrogen-bond acceptors (Lipinski definition) is 6. The van der Waals surface area contributed by atoms with Crippen molar-refractivity contribution in [1.82, 2.24) is 15.2 Å². The molecule has 2 aliphatic heterocycles. The van der Waals surface area contributed by atoms with Gasteiger partial charge in [0, 0.05) is 37.0 Å². The Hall–Kier alpha value is -2.54. The summed E-state index contributed by atoms with van der Waals surface area (Å²) in [7, 11) is 0. The SMILES string of the molecule is CCCC1CCCN(c2cc(C(=O)Nc3cccnn3)c3c(n2)CCOCC3)C1. The molecule has 2 aromatic rings. The van der Waals surface area contributed by atoms with Gasteiger partial charge in [-0.25, -0.2) is 4.98 Å². The number of fused-ring (bicyclic) bond motifs is 1. The highest BCUT2D eigenvalue weighted by molar-refractivity contribution is 6.05. The number of aromatic nitrogens is 3. The molecule has 7 heteroatoms. The van der Waals surface area contributed by atoms with Crippen molar-refractivity contribution in [2.24, 2.45) is 5.92 Å². The normalized spacial score (nSPS) is 19.3. The largest absolute Gasteiger partial charge is 0.381 e. The molecule has 0 aromatic carbocycles. The maximum Gasteiger partial charge on any atom is 0.257 e. The molecular weight excluding hydrogens is 366 g/mol. The number of nitrogens with zero attached hydrogens (tertiary/aromatic N) is 4. The maximum absolute atomic E-state index is 13.1. The summed E-state index contributed by atoms with van der Waals surface area (Å²) >= 11 is 0. The van der Waals surface area contributed by atoms with Crippen LogP contribution in [0.25, 0.3) is 0 Å². The van der Waals surface area contributed by atoms with Crippen molar-refractivity contribution in [3.05, 3.63) is 41.2 Å². The van der Waals surface area contributed by atoms with Gasteiger partial charge in [0.2, 0.25) is 0 Å². The van der Waals surface area contributed by atoms with Gasteiger partial charge in [-0.2, -0.15) is 5.10 Å². The van der Waals surface area contributed by atoms with Crippen LogP contribution >= 0.6 is 0 Å². The highest BCUT2D eigenvalue weighted by Crippen LogP contribution is 2.28. The molecule has 29 heavy (non-hydrogen) atoms. The van der Waals surface area contributed by atoms with Crippen molar-refractivity contribution >= 4 is 17.5 Å². The lowest BCUT2D eigenvalue weighted by Gasteiger charge is -2.34. The second kappa shape index (κ2) is 9.31. The number of carbonyl (C=O) groups excluding carboxylic acids is 1. The quantitative estimate of drug-likeness (QED) is 0.837. The summed E-state index contributed by atoms with van der Waals surface area (Å²) < 4.78 is 5.66. The van der Waals surface area contributed by atoms with Gasteiger partial charge < -0.3 is 15.0 Å². The van der Waals surface area contributed by atoms with Crippen LogP contribution in [0.2, 0.25) is 0 Å². The van der Waals surface area contributed by atoms with Crippen LogP contribution in [-0.2, 0) is 17.6 Å². The number of hydrogen-bond donors (Lipinski definition) is 1. The van der Waals surface area contributed by atoms with E-state index in [0.29, 0.717) is 36.9 Å². The number of carbonyl (C=O) groups is 1. The smallest absolute Gasteiger partial charge is 0.257 e. The number of pyridine rings is 1. The highest BCUT2D eigenvalue weighted by atomic mass is 16.5. The molecule has 0 aliphatic carbocycles. The number of ether oxygens (including phenoxy) is 1. The summed E-state index contributed by atoms with van der Waals surface area (Å²) in [4.78, 5) is 20.5. The van der Waals surface area contributed by atoms with Crippen LogP contribution in [0, 0.1) is 5.92 Å². The molecule has 0 bridgehead atoms. The van der Waals surface area contributed by atoms with Crippen LogP contribution in [0.4, 0.5) is 11.6 Å². The number of piperidine rings is 1. The molecule has 1 atom stereocenters. The second-order valence-electron chi connectivity index (χ2n) is 7.87. The average molecular weight is 396 g/mol. The average Bonchev–Trinajstić information content (AvgIpc) is 2.99. The van der Waals surface area contributed by atoms with E-state index in [9.17, 15) is 4.79 Å². The lowest BCUT2D eigenvalue weighted by molar-refractivity contribution is 0.102. The first-order valence-electron chi connectivity index (χ1n) is 10.7. The van der Waals surface area contributed by atoms with Gasteiger partial charge in [0.1, 0.15) is 5.82 Å². The summed E-state index contributed by atoms with van der Waals surface area (Å²) in [6.07, 6.45) is 7.93. The van der Waals surface area contributed by atoms with Gasteiger partial charge in [-0.1, -0.05) is 13.3 Å². The maximum atomic E-state index is 13.1. The molecule has 4 heterocycles. The Labute approximate surface area is 171 Å². The standard InChI is InChI=1S/C22H29N5O2/c1-2-5-16-6-4-11-27(15-16)21-14-18(17-8-12-29-13-9-19(17)24-21)22(28)25-20-7-3-10-23-26-20/h3,7,10,14,16H,2,4-6,8-9,11-13,15H2,1H3,(H,25,26,28). The molecule has 1 amide bonds. The Kier molecular flexibility index (Phi) is 6.34. The summed E-state index contributed by atoms with van der Waals surface area (Å²) in [6.45, 7) is 5.51. The first kappa shape index (κ1) is 19.8. The van der Waals surface area contributed by atoms with Crippen molar-refractivity contribution in [3.8, 4) is 0 Å². The molecule has 1 unspecified atom stereocenters. The van der Waals surface area contributed by atoms with Crippen LogP contribution in [0.15, 0.2) is 24.4 Å². The molecule has 154 valence electrons. The van der Waals surface area contributed by atoms with E-state index >= 15 is 0 Å². The monoisotopic (exact) mass is 395 g/mol. The minimum atomic E-state index is -0.158. The van der Waals surface area contributed by atoms with Crippen LogP contribution in [-0.4, -0.2) is 47.4 Å². The fourth-order valence-electron chi connectivity index (χ4n) is 4.37. The lowest BCUT2D eigenvalue weighted by Crippen LogP contribution is -2.36. The molecule has 1 fully saturated rings. The highest BCUT2D eigenvalue weighted by Gasteiger charge is 2.25. The van der Waals surface area contributed by atoms with E-state index in [1.165, 1.54) is 25.7 Å². The van der Waals surface area contributed by atoms with E-state index in [1.807, 2.05) is 6.07 Å². The number of rotatable bonds is 5. The minimum Gasteiger partial charge on any atom is -0.381 e. The molecule has 0 spiro atoms. The Morgan fingerprint density at radius 3 is 3.07 bits per heavy atom. The lowest BCUT2D eigenvalue weighted by atomic mass is 9.93. The predicted molar refractivity (Wildman–Crippen MR) is 112 cm³/mol. The van der Waals surface area contributed by atoms with Gasteiger partial charge in [-0.3, -0.25) is 4.79 Å². The predicted octanol–water partition coefficient (Wildman–Crippen LogP) is 3.26. The van der Waals surface area contributed by atoms with Crippen molar-refractivity contribution in [2.45, 2.75) is 45.4 Å². The number of anilines is 2. The third-order valence-corrected chi connectivity index (χ3v) is 5.77. The zero-order chi connectivity index (χ0) is 20.1. The summed E-state index contributed by atoms with van der Waals surface area (Å²) in [5.41, 5.74) is 2.66. The van der Waals surface area contributed by atoms with Gasteiger partial charge in [-0.15, -0.1) is 5.10 Å². The Morgan fingerprint density at radius 2 is 2.24 bits per heavy atom. The minimum absolute atomic E-state index is 0.158. The third kappa shape index (κ3) is 4.72. The van der Waals surface area contributed by atoms with Gasteiger partial charge in [0.25, 0.3) is 5.91 Å². The van der Waals surface area contributed by atoms with Crippen LogP contribution < -0.4 is 10.2 Å². The first-order chi connectivity index (χ1) is 14.2. The van der Waals surface area contributed by atoms with E-state index in [1.54, 1.807) is 18.3 Å².